The molecule has 0 aliphatic heterocycles. The lowest BCUT2D eigenvalue weighted by Crippen LogP contribution is -2.40. The van der Waals surface area contributed by atoms with Gasteiger partial charge in [0.2, 0.25) is 0 Å². The Labute approximate surface area is 146 Å². The summed E-state index contributed by atoms with van der Waals surface area (Å²) in [6, 6.07) is -0.258. The number of nitro groups is 1. The number of hydrogen-bond donors (Lipinski definition) is 2. The third-order valence-corrected chi connectivity index (χ3v) is 3.98. The van der Waals surface area contributed by atoms with E-state index < -0.39 is 28.0 Å². The van der Waals surface area contributed by atoms with Crippen molar-refractivity contribution in [1.29, 1.82) is 0 Å². The zero-order valence-corrected chi connectivity index (χ0v) is 15.2. The number of nitrogens with one attached hydrogen (secondary N) is 1. The van der Waals surface area contributed by atoms with Crippen LogP contribution in [0.1, 0.15) is 52.9 Å². The topological polar surface area (TPSA) is 120 Å². The summed E-state index contributed by atoms with van der Waals surface area (Å²) in [6.07, 6.45) is 1.63. The largest absolute Gasteiger partial charge is 0.444 e. The first kappa shape index (κ1) is 20.9. The lowest BCUT2D eigenvalue weighted by Gasteiger charge is -2.24. The summed E-state index contributed by atoms with van der Waals surface area (Å²) in [5, 5.41) is 13.8. The van der Waals surface area contributed by atoms with Gasteiger partial charge >= 0.3 is 11.8 Å². The van der Waals surface area contributed by atoms with Crippen LogP contribution in [0.5, 0.6) is 0 Å². The molecule has 1 fully saturated rings. The predicted molar refractivity (Wildman–Crippen MR) is 92.7 cm³/mol. The molecule has 2 atom stereocenters. The van der Waals surface area contributed by atoms with Gasteiger partial charge in [-0.3, -0.25) is 15.1 Å². The number of carbonyl (C=O) groups is 1. The van der Waals surface area contributed by atoms with Crippen LogP contribution in [0.25, 0.3) is 0 Å². The first-order valence-electron chi connectivity index (χ1n) is 8.25. The maximum absolute atomic E-state index is 15.4. The molecule has 0 saturated heterocycles. The number of hydrogen-bond acceptors (Lipinski definition) is 6. The molecule has 0 heterocycles. The number of halogens is 1. The minimum atomic E-state index is -1.95. The third-order valence-electron chi connectivity index (χ3n) is 3.98. The number of carbonyl (C=O) groups excluding carboxylic acids is 1. The summed E-state index contributed by atoms with van der Waals surface area (Å²) < 4.78 is 20.6. The van der Waals surface area contributed by atoms with Crippen molar-refractivity contribution in [2.24, 2.45) is 10.7 Å². The Morgan fingerprint density at radius 2 is 2.08 bits per heavy atom. The first-order valence-corrected chi connectivity index (χ1v) is 8.25. The highest BCUT2D eigenvalue weighted by molar-refractivity contribution is 6.04. The fourth-order valence-electron chi connectivity index (χ4n) is 2.93. The minimum absolute atomic E-state index is 0.00528. The number of alkyl carbamates (subject to hydrolysis) is 1. The highest BCUT2D eigenvalue weighted by Crippen LogP contribution is 2.34. The smallest absolute Gasteiger partial charge is 0.407 e. The van der Waals surface area contributed by atoms with Crippen molar-refractivity contribution in [1.82, 2.24) is 5.32 Å². The van der Waals surface area contributed by atoms with Crippen LogP contribution in [-0.4, -0.2) is 41.1 Å². The van der Waals surface area contributed by atoms with Crippen molar-refractivity contribution in [3.63, 3.8) is 0 Å². The molecule has 0 aromatic rings. The Kier molecular flexibility index (Phi) is 6.89. The third kappa shape index (κ3) is 5.99. The normalized spacial score (nSPS) is 25.9. The van der Waals surface area contributed by atoms with Crippen LogP contribution < -0.4 is 11.1 Å². The second-order valence-corrected chi connectivity index (χ2v) is 7.12. The van der Waals surface area contributed by atoms with E-state index in [4.69, 9.17) is 10.5 Å². The van der Waals surface area contributed by atoms with Gasteiger partial charge in [0.25, 0.3) is 0 Å². The summed E-state index contributed by atoms with van der Waals surface area (Å²) in [4.78, 5) is 26.0. The molecule has 1 aliphatic rings. The molecule has 1 unspecified atom stereocenters. The molecule has 142 valence electrons. The number of ether oxygens (including phenoxy) is 1. The van der Waals surface area contributed by atoms with Gasteiger partial charge in [-0.25, -0.2) is 9.18 Å². The molecule has 1 aliphatic carbocycles. The van der Waals surface area contributed by atoms with Gasteiger partial charge in [-0.15, -0.1) is 0 Å². The van der Waals surface area contributed by atoms with Crippen molar-refractivity contribution >= 4 is 11.8 Å². The van der Waals surface area contributed by atoms with Crippen LogP contribution in [0.15, 0.2) is 16.9 Å². The van der Waals surface area contributed by atoms with Gasteiger partial charge in [0.1, 0.15) is 5.60 Å². The molecule has 9 heteroatoms. The molecule has 3 N–H and O–H groups in total. The fourth-order valence-corrected chi connectivity index (χ4v) is 2.93. The van der Waals surface area contributed by atoms with Crippen molar-refractivity contribution in [2.75, 3.05) is 7.05 Å². The van der Waals surface area contributed by atoms with E-state index >= 15 is 4.39 Å². The number of allylic oxidation sites excluding steroid dienone is 1. The van der Waals surface area contributed by atoms with E-state index in [0.29, 0.717) is 19.3 Å². The average molecular weight is 358 g/mol. The van der Waals surface area contributed by atoms with Gasteiger partial charge in [0.05, 0.1) is 11.1 Å². The predicted octanol–water partition coefficient (Wildman–Crippen LogP) is 2.70. The van der Waals surface area contributed by atoms with E-state index in [1.807, 2.05) is 0 Å². The number of amides is 1. The number of nitrogens with zero attached hydrogens (tertiary/aromatic N) is 2. The van der Waals surface area contributed by atoms with Crippen molar-refractivity contribution in [2.45, 2.75) is 70.2 Å². The van der Waals surface area contributed by atoms with Crippen molar-refractivity contribution in [3.05, 3.63) is 22.0 Å². The summed E-state index contributed by atoms with van der Waals surface area (Å²) in [7, 11) is 1.31. The van der Waals surface area contributed by atoms with Crippen molar-refractivity contribution < 1.29 is 18.8 Å². The first-order chi connectivity index (χ1) is 11.5. The SMILES string of the molecule is CN=C(C(=CN)[N+](=O)[O-])C1(F)CCC[C@H](NC(=O)OC(C)(C)C)CC1. The van der Waals surface area contributed by atoms with E-state index in [2.05, 4.69) is 10.3 Å². The van der Waals surface area contributed by atoms with Crippen LogP contribution in [0, 0.1) is 10.1 Å². The summed E-state index contributed by atoms with van der Waals surface area (Å²) in [5.74, 6) is 0. The molecule has 1 saturated carbocycles. The quantitative estimate of drug-likeness (QED) is 0.346. The van der Waals surface area contributed by atoms with E-state index in [9.17, 15) is 14.9 Å². The van der Waals surface area contributed by atoms with Gasteiger partial charge in [-0.2, -0.15) is 0 Å². The van der Waals surface area contributed by atoms with Crippen molar-refractivity contribution in [3.8, 4) is 0 Å². The second kappa shape index (κ2) is 8.26. The lowest BCUT2D eigenvalue weighted by molar-refractivity contribution is -0.416. The van der Waals surface area contributed by atoms with E-state index in [1.54, 1.807) is 20.8 Å². The lowest BCUT2D eigenvalue weighted by atomic mass is 9.89. The fraction of sp³-hybridized carbons (Fsp3) is 0.750. The molecular formula is C16H27FN4O4. The summed E-state index contributed by atoms with van der Waals surface area (Å²) in [5.41, 5.74) is 1.94. The van der Waals surface area contributed by atoms with Gasteiger partial charge in [0, 0.05) is 13.1 Å². The van der Waals surface area contributed by atoms with E-state index in [-0.39, 0.29) is 24.6 Å². The molecule has 0 radical (unpaired) electrons. The average Bonchev–Trinajstić information content (AvgIpc) is 2.65. The summed E-state index contributed by atoms with van der Waals surface area (Å²) >= 11 is 0. The number of aliphatic imine (C=N–C) groups is 1. The maximum Gasteiger partial charge on any atom is 0.407 e. The molecule has 8 nitrogen and oxygen atoms in total. The van der Waals surface area contributed by atoms with Crippen LogP contribution in [0.4, 0.5) is 9.18 Å². The molecule has 0 bridgehead atoms. The standard InChI is InChI=1S/C16H27FN4O4/c1-15(2,3)25-14(22)20-11-6-5-8-16(17,9-7-11)13(19-4)12(10-18)21(23)24/h10-11H,5-9,18H2,1-4H3,(H,20,22)/t11-,16?/m0/s1. The molecule has 1 amide bonds. The Hall–Kier alpha value is -2.19. The van der Waals surface area contributed by atoms with Crippen LogP contribution in [0.2, 0.25) is 0 Å². The molecular weight excluding hydrogens is 331 g/mol. The second-order valence-electron chi connectivity index (χ2n) is 7.12. The molecule has 0 aromatic carbocycles. The summed E-state index contributed by atoms with van der Waals surface area (Å²) in [6.45, 7) is 5.28. The Bertz CT molecular complexity index is 571. The molecule has 0 spiro atoms. The molecule has 0 aromatic heterocycles. The van der Waals surface area contributed by atoms with Gasteiger partial charge in [-0.05, 0) is 52.9 Å². The highest BCUT2D eigenvalue weighted by atomic mass is 19.1. The number of rotatable bonds is 4. The monoisotopic (exact) mass is 358 g/mol. The van der Waals surface area contributed by atoms with E-state index in [1.165, 1.54) is 7.05 Å². The van der Waals surface area contributed by atoms with Gasteiger partial charge in [0.15, 0.2) is 11.4 Å². The van der Waals surface area contributed by atoms with Crippen LogP contribution in [0.3, 0.4) is 0 Å². The highest BCUT2D eigenvalue weighted by Gasteiger charge is 2.43. The zero-order valence-electron chi connectivity index (χ0n) is 15.2. The van der Waals surface area contributed by atoms with E-state index in [0.717, 1.165) is 6.20 Å². The van der Waals surface area contributed by atoms with Crippen LogP contribution >= 0.6 is 0 Å². The minimum Gasteiger partial charge on any atom is -0.444 e. The zero-order chi connectivity index (χ0) is 19.3. The maximum atomic E-state index is 15.4. The Morgan fingerprint density at radius 3 is 2.56 bits per heavy atom. The molecule has 25 heavy (non-hydrogen) atoms. The van der Waals surface area contributed by atoms with Gasteiger partial charge < -0.3 is 15.8 Å². The van der Waals surface area contributed by atoms with Crippen LogP contribution in [-0.2, 0) is 4.74 Å². The Balaban J connectivity index is 2.82. The number of alkyl halides is 1. The Morgan fingerprint density at radius 1 is 1.44 bits per heavy atom. The molecule has 1 rings (SSSR count). The van der Waals surface area contributed by atoms with Gasteiger partial charge in [-0.1, -0.05) is 0 Å². The number of nitrogens with two attached hydrogens (primary N) is 1.